The van der Waals surface area contributed by atoms with Crippen LogP contribution < -0.4 is 20.1 Å². The van der Waals surface area contributed by atoms with Crippen LogP contribution in [-0.2, 0) is 6.54 Å². The van der Waals surface area contributed by atoms with Gasteiger partial charge in [-0.2, -0.15) is 0 Å². The van der Waals surface area contributed by atoms with E-state index in [9.17, 15) is 0 Å². The number of para-hydroxylation sites is 1. The molecular weight excluding hydrogens is 252 g/mol. The van der Waals surface area contributed by atoms with E-state index in [0.717, 1.165) is 43.6 Å². The van der Waals surface area contributed by atoms with E-state index in [0.29, 0.717) is 6.61 Å². The minimum atomic E-state index is 0.654. The van der Waals surface area contributed by atoms with Crippen LogP contribution in [0.1, 0.15) is 25.3 Å². The second-order valence-corrected chi connectivity index (χ2v) is 5.21. The summed E-state index contributed by atoms with van der Waals surface area (Å²) in [5.41, 5.74) is 1.17. The van der Waals surface area contributed by atoms with Gasteiger partial charge in [-0.15, -0.1) is 0 Å². The Balaban J connectivity index is 1.90. The number of hydrogen-bond donors (Lipinski definition) is 2. The van der Waals surface area contributed by atoms with Crippen molar-refractivity contribution in [3.8, 4) is 11.5 Å². The number of benzene rings is 1. The van der Waals surface area contributed by atoms with Crippen LogP contribution in [0.4, 0.5) is 0 Å². The van der Waals surface area contributed by atoms with Crippen molar-refractivity contribution in [1.29, 1.82) is 0 Å². The molecule has 1 heterocycles. The molecule has 4 heteroatoms. The third-order valence-electron chi connectivity index (χ3n) is 3.78. The van der Waals surface area contributed by atoms with E-state index in [2.05, 4.69) is 16.7 Å². The summed E-state index contributed by atoms with van der Waals surface area (Å²) in [4.78, 5) is 0. The first-order valence-electron chi connectivity index (χ1n) is 7.55. The number of nitrogens with one attached hydrogen (secondary N) is 2. The van der Waals surface area contributed by atoms with Gasteiger partial charge in [-0.3, -0.25) is 0 Å². The van der Waals surface area contributed by atoms with Crippen LogP contribution in [0, 0.1) is 5.92 Å². The highest BCUT2D eigenvalue weighted by atomic mass is 16.5. The van der Waals surface area contributed by atoms with E-state index >= 15 is 0 Å². The first kappa shape index (κ1) is 15.1. The third kappa shape index (κ3) is 4.12. The molecule has 0 saturated carbocycles. The Bertz CT molecular complexity index is 403. The highest BCUT2D eigenvalue weighted by molar-refractivity contribution is 5.46. The van der Waals surface area contributed by atoms with Crippen LogP contribution in [0.25, 0.3) is 0 Å². The van der Waals surface area contributed by atoms with Gasteiger partial charge in [-0.25, -0.2) is 0 Å². The van der Waals surface area contributed by atoms with E-state index < -0.39 is 0 Å². The van der Waals surface area contributed by atoms with Gasteiger partial charge in [0.2, 0.25) is 0 Å². The molecule has 1 aromatic rings. The van der Waals surface area contributed by atoms with Gasteiger partial charge >= 0.3 is 0 Å². The fourth-order valence-electron chi connectivity index (χ4n) is 2.67. The van der Waals surface area contributed by atoms with Crippen LogP contribution >= 0.6 is 0 Å². The lowest BCUT2D eigenvalue weighted by molar-refractivity contribution is 0.305. The van der Waals surface area contributed by atoms with Gasteiger partial charge in [-0.1, -0.05) is 12.1 Å². The molecule has 0 bridgehead atoms. The van der Waals surface area contributed by atoms with Crippen molar-refractivity contribution in [2.75, 3.05) is 33.4 Å². The lowest BCUT2D eigenvalue weighted by atomic mass is 9.98. The zero-order valence-corrected chi connectivity index (χ0v) is 12.6. The maximum Gasteiger partial charge on any atom is 0.165 e. The van der Waals surface area contributed by atoms with Crippen molar-refractivity contribution in [2.24, 2.45) is 5.92 Å². The molecule has 1 fully saturated rings. The molecule has 112 valence electrons. The summed E-state index contributed by atoms with van der Waals surface area (Å²) >= 11 is 0. The molecule has 0 unspecified atom stereocenters. The topological polar surface area (TPSA) is 42.5 Å². The SMILES string of the molecule is CCOc1c(CNCC2CCNCC2)cccc1OC. The summed E-state index contributed by atoms with van der Waals surface area (Å²) in [5.74, 6) is 2.47. The largest absolute Gasteiger partial charge is 0.493 e. The molecule has 1 aromatic carbocycles. The fourth-order valence-corrected chi connectivity index (χ4v) is 2.67. The third-order valence-corrected chi connectivity index (χ3v) is 3.78. The van der Waals surface area contributed by atoms with Crippen molar-refractivity contribution >= 4 is 0 Å². The van der Waals surface area contributed by atoms with Crippen molar-refractivity contribution in [3.05, 3.63) is 23.8 Å². The molecule has 4 nitrogen and oxygen atoms in total. The molecule has 1 aliphatic rings. The molecule has 0 aromatic heterocycles. The van der Waals surface area contributed by atoms with E-state index in [1.807, 2.05) is 19.1 Å². The summed E-state index contributed by atoms with van der Waals surface area (Å²) in [7, 11) is 1.68. The number of piperidine rings is 1. The second-order valence-electron chi connectivity index (χ2n) is 5.21. The lowest BCUT2D eigenvalue weighted by Crippen LogP contribution is -2.33. The van der Waals surface area contributed by atoms with Crippen molar-refractivity contribution in [3.63, 3.8) is 0 Å². The van der Waals surface area contributed by atoms with Gasteiger partial charge in [0, 0.05) is 12.1 Å². The van der Waals surface area contributed by atoms with Crippen LogP contribution in [0.2, 0.25) is 0 Å². The smallest absolute Gasteiger partial charge is 0.165 e. The predicted molar refractivity (Wildman–Crippen MR) is 81.5 cm³/mol. The Labute approximate surface area is 121 Å². The zero-order chi connectivity index (χ0) is 14.2. The number of ether oxygens (including phenoxy) is 2. The summed E-state index contributed by atoms with van der Waals surface area (Å²) < 4.78 is 11.1. The van der Waals surface area contributed by atoms with E-state index in [-0.39, 0.29) is 0 Å². The molecule has 2 rings (SSSR count). The van der Waals surface area contributed by atoms with Gasteiger partial charge in [0.05, 0.1) is 13.7 Å². The van der Waals surface area contributed by atoms with Crippen LogP contribution in [0.3, 0.4) is 0 Å². The summed E-state index contributed by atoms with van der Waals surface area (Å²) in [5, 5.41) is 6.96. The van der Waals surface area contributed by atoms with Crippen LogP contribution in [0.5, 0.6) is 11.5 Å². The van der Waals surface area contributed by atoms with Crippen LogP contribution in [0.15, 0.2) is 18.2 Å². The Kier molecular flexibility index (Phi) is 6.15. The summed E-state index contributed by atoms with van der Waals surface area (Å²) in [6.07, 6.45) is 2.53. The molecule has 20 heavy (non-hydrogen) atoms. The fraction of sp³-hybridized carbons (Fsp3) is 0.625. The Morgan fingerprint density at radius 1 is 1.30 bits per heavy atom. The van der Waals surface area contributed by atoms with Crippen molar-refractivity contribution < 1.29 is 9.47 Å². The molecule has 0 radical (unpaired) electrons. The molecular formula is C16H26N2O2. The van der Waals surface area contributed by atoms with Gasteiger partial charge in [0.15, 0.2) is 11.5 Å². The van der Waals surface area contributed by atoms with E-state index in [1.165, 1.54) is 18.4 Å². The maximum atomic E-state index is 5.73. The van der Waals surface area contributed by atoms with E-state index in [4.69, 9.17) is 9.47 Å². The number of rotatable bonds is 7. The van der Waals surface area contributed by atoms with Crippen molar-refractivity contribution in [1.82, 2.24) is 10.6 Å². The number of methoxy groups -OCH3 is 1. The highest BCUT2D eigenvalue weighted by Gasteiger charge is 2.14. The summed E-state index contributed by atoms with van der Waals surface area (Å²) in [6.45, 7) is 6.85. The molecule has 0 aliphatic carbocycles. The average molecular weight is 278 g/mol. The lowest BCUT2D eigenvalue weighted by Gasteiger charge is -2.23. The summed E-state index contributed by atoms with van der Waals surface area (Å²) in [6, 6.07) is 6.06. The molecule has 2 N–H and O–H groups in total. The molecule has 0 atom stereocenters. The Hall–Kier alpha value is -1.26. The predicted octanol–water partition coefficient (Wildman–Crippen LogP) is 2.18. The minimum absolute atomic E-state index is 0.654. The molecule has 1 saturated heterocycles. The number of hydrogen-bond acceptors (Lipinski definition) is 4. The van der Waals surface area contributed by atoms with Gasteiger partial charge < -0.3 is 20.1 Å². The molecule has 0 spiro atoms. The van der Waals surface area contributed by atoms with Crippen molar-refractivity contribution in [2.45, 2.75) is 26.3 Å². The standard InChI is InChI=1S/C16H26N2O2/c1-3-20-16-14(5-4-6-15(16)19-2)12-18-11-13-7-9-17-10-8-13/h4-6,13,17-18H,3,7-12H2,1-2H3. The maximum absolute atomic E-state index is 5.73. The Morgan fingerprint density at radius 3 is 2.80 bits per heavy atom. The van der Waals surface area contributed by atoms with Crippen LogP contribution in [-0.4, -0.2) is 33.4 Å². The zero-order valence-electron chi connectivity index (χ0n) is 12.6. The monoisotopic (exact) mass is 278 g/mol. The molecule has 0 amide bonds. The first-order valence-corrected chi connectivity index (χ1v) is 7.55. The first-order chi connectivity index (χ1) is 9.85. The van der Waals surface area contributed by atoms with E-state index in [1.54, 1.807) is 7.11 Å². The van der Waals surface area contributed by atoms with Gasteiger partial charge in [0.25, 0.3) is 0 Å². The quantitative estimate of drug-likeness (QED) is 0.802. The Morgan fingerprint density at radius 2 is 2.10 bits per heavy atom. The minimum Gasteiger partial charge on any atom is -0.493 e. The molecule has 1 aliphatic heterocycles. The average Bonchev–Trinajstić information content (AvgIpc) is 2.50. The van der Waals surface area contributed by atoms with Gasteiger partial charge in [-0.05, 0) is 51.4 Å². The van der Waals surface area contributed by atoms with Gasteiger partial charge in [0.1, 0.15) is 0 Å². The normalized spacial score (nSPS) is 16.1. The highest BCUT2D eigenvalue weighted by Crippen LogP contribution is 2.31. The second kappa shape index (κ2) is 8.12.